The van der Waals surface area contributed by atoms with Crippen molar-refractivity contribution < 1.29 is 9.84 Å². The van der Waals surface area contributed by atoms with Crippen molar-refractivity contribution in [1.29, 1.82) is 0 Å². The van der Waals surface area contributed by atoms with Gasteiger partial charge in [-0.25, -0.2) is 0 Å². The number of hydrogen-bond donors (Lipinski definition) is 1. The summed E-state index contributed by atoms with van der Waals surface area (Å²) < 4.78 is 5.32. The number of ether oxygens (including phenoxy) is 1. The van der Waals surface area contributed by atoms with E-state index in [1.807, 2.05) is 6.08 Å². The summed E-state index contributed by atoms with van der Waals surface area (Å²) in [6, 6.07) is 0. The van der Waals surface area contributed by atoms with Crippen LogP contribution in [0, 0.1) is 11.3 Å². The van der Waals surface area contributed by atoms with Crippen LogP contribution in [0.2, 0.25) is 0 Å². The molecule has 0 spiro atoms. The second-order valence-corrected chi connectivity index (χ2v) is 4.49. The summed E-state index contributed by atoms with van der Waals surface area (Å²) in [5.74, 6) is 1.23. The van der Waals surface area contributed by atoms with Crippen molar-refractivity contribution >= 4 is 0 Å². The second-order valence-electron chi connectivity index (χ2n) is 4.49. The van der Waals surface area contributed by atoms with Gasteiger partial charge in [-0.15, -0.1) is 0 Å². The molecule has 2 aliphatic rings. The Balaban J connectivity index is 1.97. The van der Waals surface area contributed by atoms with Gasteiger partial charge in [-0.2, -0.15) is 0 Å². The molecule has 1 heterocycles. The van der Waals surface area contributed by atoms with Crippen LogP contribution in [-0.4, -0.2) is 17.8 Å². The van der Waals surface area contributed by atoms with Crippen LogP contribution >= 0.6 is 0 Å². The highest BCUT2D eigenvalue weighted by Crippen LogP contribution is 2.55. The van der Waals surface area contributed by atoms with Gasteiger partial charge in [0.1, 0.15) is 11.9 Å². The molecule has 0 aromatic carbocycles. The van der Waals surface area contributed by atoms with Crippen LogP contribution in [0.4, 0.5) is 0 Å². The maximum atomic E-state index is 9.83. The van der Waals surface area contributed by atoms with E-state index >= 15 is 0 Å². The van der Waals surface area contributed by atoms with Crippen molar-refractivity contribution in [2.24, 2.45) is 11.3 Å². The third-order valence-corrected chi connectivity index (χ3v) is 2.99. The fourth-order valence-electron chi connectivity index (χ4n) is 1.89. The predicted octanol–water partition coefficient (Wildman–Crippen LogP) is 1.70. The fourth-order valence-corrected chi connectivity index (χ4v) is 1.89. The summed E-state index contributed by atoms with van der Waals surface area (Å²) in [6.07, 6.45) is 3.75. The van der Waals surface area contributed by atoms with Crippen molar-refractivity contribution in [2.75, 3.05) is 6.61 Å². The molecule has 2 unspecified atom stereocenters. The van der Waals surface area contributed by atoms with Crippen LogP contribution in [0.5, 0.6) is 0 Å². The quantitative estimate of drug-likeness (QED) is 0.680. The molecule has 0 aromatic heterocycles. The standard InChI is InChI=1S/C10H16O2/c1-10(2)6-7(10)9(11)8-4-3-5-12-8/h4,7,9,11H,3,5-6H2,1-2H3. The average molecular weight is 168 g/mol. The Morgan fingerprint density at radius 1 is 1.67 bits per heavy atom. The minimum atomic E-state index is -0.345. The zero-order valence-electron chi connectivity index (χ0n) is 7.71. The van der Waals surface area contributed by atoms with Crippen molar-refractivity contribution in [3.05, 3.63) is 11.8 Å². The maximum Gasteiger partial charge on any atom is 0.121 e. The summed E-state index contributed by atoms with van der Waals surface area (Å²) in [5, 5.41) is 9.83. The first-order chi connectivity index (χ1) is 5.61. The van der Waals surface area contributed by atoms with Gasteiger partial charge in [0, 0.05) is 6.42 Å². The summed E-state index contributed by atoms with van der Waals surface area (Å²) >= 11 is 0. The lowest BCUT2D eigenvalue weighted by atomic mass is 10.0. The van der Waals surface area contributed by atoms with E-state index in [-0.39, 0.29) is 6.10 Å². The number of aliphatic hydroxyl groups is 1. The van der Waals surface area contributed by atoms with Crippen LogP contribution in [0.1, 0.15) is 26.7 Å². The smallest absolute Gasteiger partial charge is 0.121 e. The molecule has 2 heteroatoms. The monoisotopic (exact) mass is 168 g/mol. The third-order valence-electron chi connectivity index (χ3n) is 2.99. The molecule has 12 heavy (non-hydrogen) atoms. The largest absolute Gasteiger partial charge is 0.495 e. The lowest BCUT2D eigenvalue weighted by Gasteiger charge is -2.13. The first-order valence-electron chi connectivity index (χ1n) is 4.62. The number of hydrogen-bond acceptors (Lipinski definition) is 2. The summed E-state index contributed by atoms with van der Waals surface area (Å²) in [4.78, 5) is 0. The Labute approximate surface area is 73.2 Å². The van der Waals surface area contributed by atoms with Crippen molar-refractivity contribution in [1.82, 2.24) is 0 Å². The first-order valence-corrected chi connectivity index (χ1v) is 4.62. The molecule has 1 fully saturated rings. The summed E-state index contributed by atoms with van der Waals surface area (Å²) in [6.45, 7) is 5.13. The van der Waals surface area contributed by atoms with Gasteiger partial charge in [-0.05, 0) is 23.8 Å². The highest BCUT2D eigenvalue weighted by Gasteiger charge is 2.51. The molecule has 0 radical (unpaired) electrons. The molecule has 0 bridgehead atoms. The molecule has 1 N–H and O–H groups in total. The minimum absolute atomic E-state index is 0.326. The Kier molecular flexibility index (Phi) is 1.69. The zero-order valence-corrected chi connectivity index (χ0v) is 7.71. The number of aliphatic hydroxyl groups excluding tert-OH is 1. The van der Waals surface area contributed by atoms with Crippen LogP contribution in [-0.2, 0) is 4.74 Å². The highest BCUT2D eigenvalue weighted by atomic mass is 16.5. The van der Waals surface area contributed by atoms with Gasteiger partial charge in [-0.1, -0.05) is 13.8 Å². The van der Waals surface area contributed by atoms with E-state index in [0.717, 1.165) is 25.2 Å². The second kappa shape index (κ2) is 2.49. The van der Waals surface area contributed by atoms with E-state index in [0.29, 0.717) is 11.3 Å². The van der Waals surface area contributed by atoms with Gasteiger partial charge in [0.05, 0.1) is 6.61 Å². The van der Waals surface area contributed by atoms with Gasteiger partial charge >= 0.3 is 0 Å². The normalized spacial score (nSPS) is 33.9. The van der Waals surface area contributed by atoms with Crippen molar-refractivity contribution in [3.63, 3.8) is 0 Å². The van der Waals surface area contributed by atoms with Gasteiger partial charge < -0.3 is 9.84 Å². The van der Waals surface area contributed by atoms with Crippen LogP contribution < -0.4 is 0 Å². The minimum Gasteiger partial charge on any atom is -0.495 e. The van der Waals surface area contributed by atoms with Gasteiger partial charge in [0.2, 0.25) is 0 Å². The molecular weight excluding hydrogens is 152 g/mol. The van der Waals surface area contributed by atoms with E-state index in [2.05, 4.69) is 13.8 Å². The Bertz CT molecular complexity index is 218. The van der Waals surface area contributed by atoms with E-state index < -0.39 is 0 Å². The Morgan fingerprint density at radius 2 is 2.33 bits per heavy atom. The van der Waals surface area contributed by atoms with Gasteiger partial charge in [-0.3, -0.25) is 0 Å². The highest BCUT2D eigenvalue weighted by molar-refractivity contribution is 5.13. The molecule has 2 atom stereocenters. The SMILES string of the molecule is CC1(C)CC1C(O)C1=CCCO1. The molecule has 0 amide bonds. The molecule has 2 nitrogen and oxygen atoms in total. The Morgan fingerprint density at radius 3 is 2.75 bits per heavy atom. The molecule has 68 valence electrons. The average Bonchev–Trinajstić information content (AvgIpc) is 2.56. The summed E-state index contributed by atoms with van der Waals surface area (Å²) in [5.41, 5.74) is 0.326. The first kappa shape index (κ1) is 8.11. The fraction of sp³-hybridized carbons (Fsp3) is 0.800. The van der Waals surface area contributed by atoms with E-state index in [4.69, 9.17) is 4.74 Å². The van der Waals surface area contributed by atoms with E-state index in [1.54, 1.807) is 0 Å². The lowest BCUT2D eigenvalue weighted by molar-refractivity contribution is 0.0939. The van der Waals surface area contributed by atoms with Gasteiger partial charge in [0.25, 0.3) is 0 Å². The zero-order chi connectivity index (χ0) is 8.77. The van der Waals surface area contributed by atoms with E-state index in [9.17, 15) is 5.11 Å². The number of rotatable bonds is 2. The van der Waals surface area contributed by atoms with Crippen LogP contribution in [0.3, 0.4) is 0 Å². The molecule has 1 saturated carbocycles. The van der Waals surface area contributed by atoms with Crippen molar-refractivity contribution in [3.8, 4) is 0 Å². The topological polar surface area (TPSA) is 29.5 Å². The molecule has 0 saturated heterocycles. The third kappa shape index (κ3) is 1.24. The van der Waals surface area contributed by atoms with Crippen LogP contribution in [0.15, 0.2) is 11.8 Å². The predicted molar refractivity (Wildman–Crippen MR) is 46.5 cm³/mol. The maximum absolute atomic E-state index is 9.83. The van der Waals surface area contributed by atoms with Gasteiger partial charge in [0.15, 0.2) is 0 Å². The van der Waals surface area contributed by atoms with Crippen LogP contribution in [0.25, 0.3) is 0 Å². The summed E-state index contributed by atoms with van der Waals surface area (Å²) in [7, 11) is 0. The van der Waals surface area contributed by atoms with E-state index in [1.165, 1.54) is 0 Å². The molecule has 2 rings (SSSR count). The molecule has 0 aromatic rings. The Hall–Kier alpha value is -0.500. The molecule has 1 aliphatic carbocycles. The van der Waals surface area contributed by atoms with Crippen molar-refractivity contribution in [2.45, 2.75) is 32.8 Å². The lowest BCUT2D eigenvalue weighted by Crippen LogP contribution is -2.16. The molecular formula is C10H16O2. The molecule has 1 aliphatic heterocycles.